The van der Waals surface area contributed by atoms with Gasteiger partial charge in [-0.3, -0.25) is 9.59 Å². The molecule has 0 aliphatic carbocycles. The number of hydrogen-bond acceptors (Lipinski definition) is 3. The molecular formula is C8H10Cl3NO3. The maximum atomic E-state index is 11.2. The average molecular weight is 275 g/mol. The summed E-state index contributed by atoms with van der Waals surface area (Å²) in [6.45, 7) is 4.64. The number of alkyl halides is 3. The predicted molar refractivity (Wildman–Crippen MR) is 59.1 cm³/mol. The number of rotatable bonds is 4. The van der Waals surface area contributed by atoms with Gasteiger partial charge < -0.3 is 10.1 Å². The minimum Gasteiger partial charge on any atom is -0.463 e. The zero-order valence-electron chi connectivity index (χ0n) is 7.93. The maximum absolute atomic E-state index is 11.2. The molecule has 4 nitrogen and oxygen atoms in total. The number of amides is 1. The highest BCUT2D eigenvalue weighted by Crippen LogP contribution is 2.25. The lowest BCUT2D eigenvalue weighted by molar-refractivity contribution is -0.142. The number of esters is 1. The molecule has 15 heavy (non-hydrogen) atoms. The Hall–Kier alpha value is -0.450. The monoisotopic (exact) mass is 273 g/mol. The summed E-state index contributed by atoms with van der Waals surface area (Å²) in [4.78, 5) is 21.7. The molecule has 1 N–H and O–H groups in total. The molecule has 0 fully saturated rings. The van der Waals surface area contributed by atoms with Gasteiger partial charge in [0, 0.05) is 6.92 Å². The van der Waals surface area contributed by atoms with Gasteiger partial charge in [0.05, 0.1) is 6.04 Å². The summed E-state index contributed by atoms with van der Waals surface area (Å²) < 4.78 is 2.61. The van der Waals surface area contributed by atoms with Crippen LogP contribution in [-0.2, 0) is 14.3 Å². The van der Waals surface area contributed by atoms with Crippen molar-refractivity contribution in [3.05, 3.63) is 12.7 Å². The van der Waals surface area contributed by atoms with E-state index in [1.807, 2.05) is 0 Å². The lowest BCUT2D eigenvalue weighted by Gasteiger charge is -2.17. The van der Waals surface area contributed by atoms with Gasteiger partial charge in [0.1, 0.15) is 6.61 Å². The summed E-state index contributed by atoms with van der Waals surface area (Å²) in [5.41, 5.74) is 0. The number of nitrogens with one attached hydrogen (secondary N) is 1. The van der Waals surface area contributed by atoms with Crippen LogP contribution >= 0.6 is 34.8 Å². The van der Waals surface area contributed by atoms with Crippen molar-refractivity contribution in [2.45, 2.75) is 16.8 Å². The van der Waals surface area contributed by atoms with E-state index < -0.39 is 21.7 Å². The van der Waals surface area contributed by atoms with Gasteiger partial charge in [0.15, 0.2) is 0 Å². The molecule has 0 aromatic rings. The van der Waals surface area contributed by atoms with Crippen LogP contribution in [0.3, 0.4) is 0 Å². The lowest BCUT2D eigenvalue weighted by Crippen LogP contribution is -2.43. The Bertz CT molecular complexity index is 262. The standard InChI is InChI=1S/C8H10Cl3NO3/c1-3-6(4-15-5(2)13)12-7(14)8(9,10)11/h3,6H,1,4H2,2H3,(H,12,14). The molecule has 0 aliphatic rings. The molecule has 0 aromatic carbocycles. The predicted octanol–water partition coefficient (Wildman–Crippen LogP) is 1.59. The van der Waals surface area contributed by atoms with Crippen molar-refractivity contribution >= 4 is 46.7 Å². The van der Waals surface area contributed by atoms with Crippen LogP contribution in [0, 0.1) is 0 Å². The SMILES string of the molecule is C=CC(COC(C)=O)NC(=O)C(Cl)(Cl)Cl. The Morgan fingerprint density at radius 3 is 2.40 bits per heavy atom. The molecule has 0 bridgehead atoms. The molecular weight excluding hydrogens is 264 g/mol. The number of hydrogen-bond donors (Lipinski definition) is 1. The van der Waals surface area contributed by atoms with Gasteiger partial charge in [-0.15, -0.1) is 6.58 Å². The van der Waals surface area contributed by atoms with Crippen LogP contribution in [0.5, 0.6) is 0 Å². The van der Waals surface area contributed by atoms with E-state index in [1.54, 1.807) is 0 Å². The van der Waals surface area contributed by atoms with E-state index in [0.717, 1.165) is 0 Å². The number of ether oxygens (including phenoxy) is 1. The second kappa shape index (κ2) is 6.20. The van der Waals surface area contributed by atoms with Gasteiger partial charge in [-0.1, -0.05) is 40.9 Å². The van der Waals surface area contributed by atoms with E-state index in [2.05, 4.69) is 16.6 Å². The molecule has 1 amide bonds. The van der Waals surface area contributed by atoms with Crippen LogP contribution in [0.25, 0.3) is 0 Å². The molecule has 86 valence electrons. The molecule has 0 spiro atoms. The first-order valence-electron chi connectivity index (χ1n) is 3.91. The summed E-state index contributed by atoms with van der Waals surface area (Å²) in [7, 11) is 0. The van der Waals surface area contributed by atoms with Crippen molar-refractivity contribution in [3.8, 4) is 0 Å². The fraction of sp³-hybridized carbons (Fsp3) is 0.500. The van der Waals surface area contributed by atoms with Crippen molar-refractivity contribution < 1.29 is 14.3 Å². The van der Waals surface area contributed by atoms with Crippen LogP contribution in [0.4, 0.5) is 0 Å². The Morgan fingerprint density at radius 2 is 2.07 bits per heavy atom. The van der Waals surface area contributed by atoms with Crippen LogP contribution in [0.1, 0.15) is 6.92 Å². The Labute approximate surface area is 103 Å². The van der Waals surface area contributed by atoms with Gasteiger partial charge in [-0.2, -0.15) is 0 Å². The molecule has 0 radical (unpaired) electrons. The van der Waals surface area contributed by atoms with Gasteiger partial charge in [0.25, 0.3) is 9.70 Å². The van der Waals surface area contributed by atoms with Crippen molar-refractivity contribution in [3.63, 3.8) is 0 Å². The molecule has 1 atom stereocenters. The third-order valence-corrected chi connectivity index (χ3v) is 1.84. The molecule has 0 heterocycles. The topological polar surface area (TPSA) is 55.4 Å². The molecule has 0 aliphatic heterocycles. The first-order valence-corrected chi connectivity index (χ1v) is 5.04. The third kappa shape index (κ3) is 6.60. The largest absolute Gasteiger partial charge is 0.463 e. The molecule has 0 aromatic heterocycles. The third-order valence-electron chi connectivity index (χ3n) is 1.32. The van der Waals surface area contributed by atoms with E-state index in [4.69, 9.17) is 34.8 Å². The fourth-order valence-electron chi connectivity index (χ4n) is 0.626. The second-order valence-corrected chi connectivity index (χ2v) is 4.90. The summed E-state index contributed by atoms with van der Waals surface area (Å²) in [5, 5.41) is 2.33. The number of carbonyl (C=O) groups excluding carboxylic acids is 2. The van der Waals surface area contributed by atoms with Crippen LogP contribution < -0.4 is 5.32 Å². The first kappa shape index (κ1) is 14.6. The zero-order valence-corrected chi connectivity index (χ0v) is 10.2. The fourth-order valence-corrected chi connectivity index (χ4v) is 0.790. The van der Waals surface area contributed by atoms with Gasteiger partial charge in [-0.05, 0) is 0 Å². The van der Waals surface area contributed by atoms with Gasteiger partial charge >= 0.3 is 5.97 Å². The minimum absolute atomic E-state index is 0.0503. The van der Waals surface area contributed by atoms with Crippen molar-refractivity contribution in [1.29, 1.82) is 0 Å². The summed E-state index contributed by atoms with van der Waals surface area (Å²) in [5.74, 6) is -1.27. The Morgan fingerprint density at radius 1 is 1.53 bits per heavy atom. The van der Waals surface area contributed by atoms with Crippen molar-refractivity contribution in [2.75, 3.05) is 6.61 Å². The Kier molecular flexibility index (Phi) is 6.02. The van der Waals surface area contributed by atoms with E-state index in [-0.39, 0.29) is 6.61 Å². The molecule has 0 saturated carbocycles. The number of carbonyl (C=O) groups is 2. The van der Waals surface area contributed by atoms with Gasteiger partial charge in [0.2, 0.25) is 0 Å². The minimum atomic E-state index is -2.04. The molecule has 0 rings (SSSR count). The van der Waals surface area contributed by atoms with E-state index in [1.165, 1.54) is 13.0 Å². The highest BCUT2D eigenvalue weighted by atomic mass is 35.6. The zero-order chi connectivity index (χ0) is 12.1. The molecule has 0 saturated heterocycles. The van der Waals surface area contributed by atoms with E-state index >= 15 is 0 Å². The van der Waals surface area contributed by atoms with Crippen LogP contribution in [0.15, 0.2) is 12.7 Å². The van der Waals surface area contributed by atoms with E-state index in [0.29, 0.717) is 0 Å². The quantitative estimate of drug-likeness (QED) is 0.481. The maximum Gasteiger partial charge on any atom is 0.302 e. The highest BCUT2D eigenvalue weighted by molar-refractivity contribution is 6.76. The van der Waals surface area contributed by atoms with Gasteiger partial charge in [-0.25, -0.2) is 0 Å². The molecule has 7 heteroatoms. The molecule has 1 unspecified atom stereocenters. The second-order valence-electron chi connectivity index (χ2n) is 2.62. The number of halogens is 3. The van der Waals surface area contributed by atoms with Crippen molar-refractivity contribution in [1.82, 2.24) is 5.32 Å². The van der Waals surface area contributed by atoms with Crippen LogP contribution in [-0.4, -0.2) is 28.3 Å². The lowest BCUT2D eigenvalue weighted by atomic mass is 10.3. The summed E-state index contributed by atoms with van der Waals surface area (Å²) >= 11 is 16.0. The normalized spacial score (nSPS) is 12.8. The summed E-state index contributed by atoms with van der Waals surface area (Å²) in [6, 6.07) is -0.586. The summed E-state index contributed by atoms with van der Waals surface area (Å²) in [6.07, 6.45) is 1.37. The Balaban J connectivity index is 4.16. The highest BCUT2D eigenvalue weighted by Gasteiger charge is 2.31. The van der Waals surface area contributed by atoms with E-state index in [9.17, 15) is 9.59 Å². The smallest absolute Gasteiger partial charge is 0.302 e. The van der Waals surface area contributed by atoms with Crippen molar-refractivity contribution in [2.24, 2.45) is 0 Å². The average Bonchev–Trinajstić information content (AvgIpc) is 2.09. The first-order chi connectivity index (χ1) is 6.77. The van der Waals surface area contributed by atoms with Crippen LogP contribution in [0.2, 0.25) is 0 Å².